The molecule has 0 spiro atoms. The third-order valence-electron chi connectivity index (χ3n) is 3.45. The van der Waals surface area contributed by atoms with Crippen molar-refractivity contribution in [1.29, 1.82) is 0 Å². The van der Waals surface area contributed by atoms with E-state index in [1.54, 1.807) is 12.3 Å². The summed E-state index contributed by atoms with van der Waals surface area (Å²) in [6.07, 6.45) is 3.20. The molecule has 1 saturated heterocycles. The maximum absolute atomic E-state index is 13.5. The van der Waals surface area contributed by atoms with Crippen molar-refractivity contribution in [2.24, 2.45) is 0 Å². The first-order valence-corrected chi connectivity index (χ1v) is 7.44. The van der Waals surface area contributed by atoms with Gasteiger partial charge in [0.05, 0.1) is 24.9 Å². The number of carbonyl (C=O) groups excluding carboxylic acids is 1. The van der Waals surface area contributed by atoms with E-state index in [4.69, 9.17) is 4.74 Å². The van der Waals surface area contributed by atoms with Crippen LogP contribution >= 0.6 is 0 Å². The molecule has 1 aromatic rings. The summed E-state index contributed by atoms with van der Waals surface area (Å²) < 4.78 is 31.9. The van der Waals surface area contributed by atoms with Crippen LogP contribution in [0.1, 0.15) is 31.5 Å². The fourth-order valence-corrected chi connectivity index (χ4v) is 2.38. The van der Waals surface area contributed by atoms with Crippen LogP contribution in [0.15, 0.2) is 24.4 Å². The minimum atomic E-state index is -3.01. The van der Waals surface area contributed by atoms with Crippen molar-refractivity contribution in [1.82, 2.24) is 15.2 Å². The summed E-state index contributed by atoms with van der Waals surface area (Å²) in [7, 11) is 0. The molecule has 1 unspecified atom stereocenters. The Kier molecular flexibility index (Phi) is 5.65. The fraction of sp³-hybridized carbons (Fsp3) is 0.600. The zero-order chi connectivity index (χ0) is 16.0. The first-order valence-electron chi connectivity index (χ1n) is 7.44. The Bertz CT molecular complexity index is 485. The van der Waals surface area contributed by atoms with Gasteiger partial charge in [-0.3, -0.25) is 4.98 Å². The highest BCUT2D eigenvalue weighted by Crippen LogP contribution is 2.20. The Hall–Kier alpha value is -1.76. The van der Waals surface area contributed by atoms with Crippen LogP contribution < -0.4 is 5.32 Å². The monoisotopic (exact) mass is 313 g/mol. The van der Waals surface area contributed by atoms with Crippen LogP contribution in [0.3, 0.4) is 0 Å². The van der Waals surface area contributed by atoms with Gasteiger partial charge in [-0.25, -0.2) is 13.6 Å². The summed E-state index contributed by atoms with van der Waals surface area (Å²) >= 11 is 0. The van der Waals surface area contributed by atoms with Crippen molar-refractivity contribution in [2.45, 2.75) is 31.7 Å². The summed E-state index contributed by atoms with van der Waals surface area (Å²) in [5, 5.41) is 2.81. The lowest BCUT2D eigenvalue weighted by molar-refractivity contribution is -0.0652. The molecule has 0 aliphatic carbocycles. The van der Waals surface area contributed by atoms with E-state index in [0.717, 1.165) is 17.0 Å². The zero-order valence-corrected chi connectivity index (χ0v) is 12.6. The van der Waals surface area contributed by atoms with Crippen LogP contribution in [0.4, 0.5) is 13.6 Å². The number of halogens is 2. The Labute approximate surface area is 128 Å². The summed E-state index contributed by atoms with van der Waals surface area (Å²) in [5.41, 5.74) is 0.732. The summed E-state index contributed by atoms with van der Waals surface area (Å²) in [6, 6.07) is 4.66. The molecule has 2 rings (SSSR count). The summed E-state index contributed by atoms with van der Waals surface area (Å²) in [5.74, 6) is -3.01. The summed E-state index contributed by atoms with van der Waals surface area (Å²) in [6.45, 7) is 0.999. The Morgan fingerprint density at radius 2 is 2.36 bits per heavy atom. The number of alkyl halides is 2. The molecular formula is C15H21F2N3O2. The van der Waals surface area contributed by atoms with Crippen molar-refractivity contribution >= 4 is 6.03 Å². The summed E-state index contributed by atoms with van der Waals surface area (Å²) in [4.78, 5) is 17.6. The third kappa shape index (κ3) is 4.62. The van der Waals surface area contributed by atoms with Crippen LogP contribution in [-0.2, 0) is 4.74 Å². The van der Waals surface area contributed by atoms with E-state index in [9.17, 15) is 13.6 Å². The van der Waals surface area contributed by atoms with Crippen LogP contribution in [0, 0.1) is 0 Å². The van der Waals surface area contributed by atoms with E-state index < -0.39 is 25.1 Å². The average Bonchev–Trinajstić information content (AvgIpc) is 2.68. The minimum Gasteiger partial charge on any atom is -0.373 e. The Balaban J connectivity index is 2.04. The first-order chi connectivity index (χ1) is 10.5. The number of nitrogens with zero attached hydrogens (tertiary/aromatic N) is 2. The van der Waals surface area contributed by atoms with Gasteiger partial charge in [0.2, 0.25) is 0 Å². The topological polar surface area (TPSA) is 54.5 Å². The van der Waals surface area contributed by atoms with Gasteiger partial charge in [-0.2, -0.15) is 0 Å². The lowest BCUT2D eigenvalue weighted by Gasteiger charge is -2.26. The Morgan fingerprint density at radius 3 is 3.05 bits per heavy atom. The lowest BCUT2D eigenvalue weighted by atomic mass is 10.1. The second-order valence-corrected chi connectivity index (χ2v) is 5.38. The standard InChI is InChI=1S/C15H21F2N3O2/c1-2-5-13(12-6-3-4-7-18-12)19-14(21)20-8-9-22-11-15(16,17)10-20/h3-4,6-7,13H,2,5,8-11H2,1H3,(H,19,21). The molecule has 7 heteroatoms. The number of rotatable bonds is 4. The lowest BCUT2D eigenvalue weighted by Crippen LogP contribution is -2.47. The molecule has 1 atom stereocenters. The Morgan fingerprint density at radius 1 is 1.55 bits per heavy atom. The average molecular weight is 313 g/mol. The minimum absolute atomic E-state index is 0.116. The van der Waals surface area contributed by atoms with Crippen molar-refractivity contribution < 1.29 is 18.3 Å². The maximum Gasteiger partial charge on any atom is 0.318 e. The smallest absolute Gasteiger partial charge is 0.318 e. The van der Waals surface area contributed by atoms with Crippen LogP contribution in [0.2, 0.25) is 0 Å². The van der Waals surface area contributed by atoms with Crippen LogP contribution in [-0.4, -0.2) is 48.1 Å². The normalized spacial score (nSPS) is 19.3. The van der Waals surface area contributed by atoms with Crippen LogP contribution in [0.25, 0.3) is 0 Å². The molecule has 22 heavy (non-hydrogen) atoms. The van der Waals surface area contributed by atoms with Crippen molar-refractivity contribution in [3.63, 3.8) is 0 Å². The second kappa shape index (κ2) is 7.49. The van der Waals surface area contributed by atoms with Gasteiger partial charge in [0.1, 0.15) is 6.61 Å². The third-order valence-corrected chi connectivity index (χ3v) is 3.45. The largest absolute Gasteiger partial charge is 0.373 e. The van der Waals surface area contributed by atoms with E-state index in [0.29, 0.717) is 6.42 Å². The molecule has 1 fully saturated rings. The quantitative estimate of drug-likeness (QED) is 0.929. The van der Waals surface area contributed by atoms with Crippen molar-refractivity contribution in [3.8, 4) is 0 Å². The molecule has 0 saturated carbocycles. The van der Waals surface area contributed by atoms with Gasteiger partial charge in [-0.15, -0.1) is 0 Å². The SMILES string of the molecule is CCCC(NC(=O)N1CCOCC(F)(F)C1)c1ccccn1. The van der Waals surface area contributed by atoms with Gasteiger partial charge < -0.3 is 15.0 Å². The van der Waals surface area contributed by atoms with Gasteiger partial charge in [-0.1, -0.05) is 19.4 Å². The molecule has 2 heterocycles. The van der Waals surface area contributed by atoms with Gasteiger partial charge in [0, 0.05) is 12.7 Å². The fourth-order valence-electron chi connectivity index (χ4n) is 2.38. The molecule has 0 bridgehead atoms. The number of hydrogen-bond donors (Lipinski definition) is 1. The zero-order valence-electron chi connectivity index (χ0n) is 12.6. The van der Waals surface area contributed by atoms with Gasteiger partial charge in [-0.05, 0) is 18.6 Å². The van der Waals surface area contributed by atoms with Gasteiger partial charge in [0.25, 0.3) is 5.92 Å². The van der Waals surface area contributed by atoms with E-state index in [1.165, 1.54) is 0 Å². The maximum atomic E-state index is 13.5. The molecule has 0 aromatic carbocycles. The number of carbonyl (C=O) groups is 1. The van der Waals surface area contributed by atoms with Gasteiger partial charge in [0.15, 0.2) is 0 Å². The predicted octanol–water partition coefficient (Wildman–Crippen LogP) is 2.60. The van der Waals surface area contributed by atoms with E-state index in [2.05, 4.69) is 10.3 Å². The number of amides is 2. The number of nitrogens with one attached hydrogen (secondary N) is 1. The van der Waals surface area contributed by atoms with Crippen molar-refractivity contribution in [2.75, 3.05) is 26.3 Å². The molecule has 122 valence electrons. The molecule has 1 aliphatic heterocycles. The molecule has 1 N–H and O–H groups in total. The molecule has 1 aliphatic rings. The van der Waals surface area contributed by atoms with E-state index in [1.807, 2.05) is 19.1 Å². The molecule has 1 aromatic heterocycles. The number of urea groups is 1. The van der Waals surface area contributed by atoms with Crippen molar-refractivity contribution in [3.05, 3.63) is 30.1 Å². The van der Waals surface area contributed by atoms with Crippen LogP contribution in [0.5, 0.6) is 0 Å². The molecule has 5 nitrogen and oxygen atoms in total. The molecular weight excluding hydrogens is 292 g/mol. The highest BCUT2D eigenvalue weighted by atomic mass is 19.3. The predicted molar refractivity (Wildman–Crippen MR) is 77.8 cm³/mol. The highest BCUT2D eigenvalue weighted by molar-refractivity contribution is 5.74. The first kappa shape index (κ1) is 16.6. The highest BCUT2D eigenvalue weighted by Gasteiger charge is 2.36. The molecule has 0 radical (unpaired) electrons. The number of pyridine rings is 1. The second-order valence-electron chi connectivity index (χ2n) is 5.38. The number of ether oxygens (including phenoxy) is 1. The van der Waals surface area contributed by atoms with Gasteiger partial charge >= 0.3 is 6.03 Å². The number of aromatic nitrogens is 1. The molecule has 2 amide bonds. The van der Waals surface area contributed by atoms with E-state index in [-0.39, 0.29) is 19.2 Å². The van der Waals surface area contributed by atoms with E-state index >= 15 is 0 Å². The number of hydrogen-bond acceptors (Lipinski definition) is 3.